The average molecular weight is 235 g/mol. The van der Waals surface area contributed by atoms with E-state index in [9.17, 15) is 4.79 Å². The van der Waals surface area contributed by atoms with Crippen molar-refractivity contribution in [1.82, 2.24) is 5.32 Å². The second-order valence-corrected chi connectivity index (χ2v) is 4.44. The number of nitrogens with one attached hydrogen (secondary N) is 1. The lowest BCUT2D eigenvalue weighted by Crippen LogP contribution is -2.20. The van der Waals surface area contributed by atoms with Gasteiger partial charge in [0.05, 0.1) is 0 Å². The molecular formula is C14H21NO2. The summed E-state index contributed by atoms with van der Waals surface area (Å²) < 4.78 is 0. The van der Waals surface area contributed by atoms with Crippen LogP contribution in [-0.4, -0.2) is 17.6 Å². The number of rotatable bonds is 7. The molecule has 0 aliphatic rings. The largest absolute Gasteiger partial charge is 0.481 e. The third kappa shape index (κ3) is 5.50. The molecule has 1 atom stereocenters. The third-order valence-corrected chi connectivity index (χ3v) is 2.81. The third-order valence-electron chi connectivity index (χ3n) is 2.81. The molecule has 1 aromatic rings. The minimum absolute atomic E-state index is 0.264. The molecule has 1 aromatic carbocycles. The first-order valence-electron chi connectivity index (χ1n) is 6.11. The van der Waals surface area contributed by atoms with Gasteiger partial charge in [0, 0.05) is 12.5 Å². The van der Waals surface area contributed by atoms with E-state index in [1.165, 1.54) is 11.1 Å². The van der Waals surface area contributed by atoms with Crippen LogP contribution in [0.1, 0.15) is 43.4 Å². The van der Waals surface area contributed by atoms with Crippen molar-refractivity contribution in [3.8, 4) is 0 Å². The minimum Gasteiger partial charge on any atom is -0.481 e. The molecule has 0 amide bonds. The molecule has 0 unspecified atom stereocenters. The highest BCUT2D eigenvalue weighted by molar-refractivity contribution is 5.66. The predicted molar refractivity (Wildman–Crippen MR) is 69.1 cm³/mol. The van der Waals surface area contributed by atoms with Gasteiger partial charge in [0.2, 0.25) is 0 Å². The van der Waals surface area contributed by atoms with Gasteiger partial charge in [-0.3, -0.25) is 4.79 Å². The van der Waals surface area contributed by atoms with Gasteiger partial charge in [0.15, 0.2) is 0 Å². The van der Waals surface area contributed by atoms with Crippen molar-refractivity contribution < 1.29 is 9.90 Å². The Morgan fingerprint density at radius 3 is 2.82 bits per heavy atom. The zero-order valence-electron chi connectivity index (χ0n) is 10.6. The summed E-state index contributed by atoms with van der Waals surface area (Å²) in [7, 11) is 0. The van der Waals surface area contributed by atoms with Gasteiger partial charge < -0.3 is 10.4 Å². The van der Waals surface area contributed by atoms with E-state index in [0.29, 0.717) is 6.04 Å². The SMILES string of the molecule is Cc1cccc([C@@H](C)NCCCCC(=O)O)c1. The molecule has 0 radical (unpaired) electrons. The van der Waals surface area contributed by atoms with Crippen molar-refractivity contribution in [2.24, 2.45) is 0 Å². The molecule has 0 saturated carbocycles. The lowest BCUT2D eigenvalue weighted by atomic mass is 10.1. The molecule has 0 aliphatic heterocycles. The maximum Gasteiger partial charge on any atom is 0.303 e. The van der Waals surface area contributed by atoms with E-state index >= 15 is 0 Å². The quantitative estimate of drug-likeness (QED) is 0.714. The summed E-state index contributed by atoms with van der Waals surface area (Å²) >= 11 is 0. The first-order chi connectivity index (χ1) is 8.09. The van der Waals surface area contributed by atoms with Crippen molar-refractivity contribution in [3.63, 3.8) is 0 Å². The molecule has 94 valence electrons. The lowest BCUT2D eigenvalue weighted by molar-refractivity contribution is -0.137. The Hall–Kier alpha value is -1.35. The van der Waals surface area contributed by atoms with Gasteiger partial charge in [-0.25, -0.2) is 0 Å². The van der Waals surface area contributed by atoms with Crippen molar-refractivity contribution in [2.45, 2.75) is 39.2 Å². The Kier molecular flexibility index (Phi) is 5.70. The summed E-state index contributed by atoms with van der Waals surface area (Å²) in [6.45, 7) is 5.08. The Bertz CT molecular complexity index is 363. The number of carboxylic acids is 1. The normalized spacial score (nSPS) is 12.4. The van der Waals surface area contributed by atoms with Gasteiger partial charge in [0.1, 0.15) is 0 Å². The first kappa shape index (κ1) is 13.7. The van der Waals surface area contributed by atoms with E-state index in [4.69, 9.17) is 5.11 Å². The Labute approximate surface area is 103 Å². The van der Waals surface area contributed by atoms with Crippen molar-refractivity contribution in [1.29, 1.82) is 0 Å². The lowest BCUT2D eigenvalue weighted by Gasteiger charge is -2.14. The number of carbonyl (C=O) groups is 1. The molecular weight excluding hydrogens is 214 g/mol. The summed E-state index contributed by atoms with van der Waals surface area (Å²) in [5.41, 5.74) is 2.55. The van der Waals surface area contributed by atoms with Crippen LogP contribution in [0.5, 0.6) is 0 Å². The summed E-state index contributed by atoms with van der Waals surface area (Å²) in [5, 5.41) is 11.9. The summed E-state index contributed by atoms with van der Waals surface area (Å²) in [6, 6.07) is 8.76. The second-order valence-electron chi connectivity index (χ2n) is 4.44. The van der Waals surface area contributed by atoms with Gasteiger partial charge in [0.25, 0.3) is 0 Å². The van der Waals surface area contributed by atoms with Crippen LogP contribution < -0.4 is 5.32 Å². The van der Waals surface area contributed by atoms with Crippen molar-refractivity contribution in [2.75, 3.05) is 6.54 Å². The molecule has 1 rings (SSSR count). The van der Waals surface area contributed by atoms with Crippen LogP contribution in [0.4, 0.5) is 0 Å². The topological polar surface area (TPSA) is 49.3 Å². The van der Waals surface area contributed by atoms with Crippen LogP contribution in [0.25, 0.3) is 0 Å². The number of carboxylic acid groups (broad SMARTS) is 1. The van der Waals surface area contributed by atoms with E-state index in [1.54, 1.807) is 0 Å². The molecule has 0 aliphatic carbocycles. The molecule has 3 nitrogen and oxygen atoms in total. The van der Waals surface area contributed by atoms with Gasteiger partial charge in [-0.1, -0.05) is 29.8 Å². The second kappa shape index (κ2) is 7.07. The van der Waals surface area contributed by atoms with E-state index in [2.05, 4.69) is 43.4 Å². The zero-order valence-corrected chi connectivity index (χ0v) is 10.6. The standard InChI is InChI=1S/C14H21NO2/c1-11-6-5-7-13(10-11)12(2)15-9-4-3-8-14(16)17/h5-7,10,12,15H,3-4,8-9H2,1-2H3,(H,16,17)/t12-/m1/s1. The van der Waals surface area contributed by atoms with Gasteiger partial charge in [-0.15, -0.1) is 0 Å². The maximum atomic E-state index is 10.3. The molecule has 0 bridgehead atoms. The molecule has 0 fully saturated rings. The number of hydrogen-bond donors (Lipinski definition) is 2. The van der Waals surface area contributed by atoms with Crippen LogP contribution in [-0.2, 0) is 4.79 Å². The summed E-state index contributed by atoms with van der Waals surface area (Å²) in [4.78, 5) is 10.3. The van der Waals surface area contributed by atoms with Crippen LogP contribution in [0.15, 0.2) is 24.3 Å². The molecule has 0 aromatic heterocycles. The number of aliphatic carboxylic acids is 1. The molecule has 17 heavy (non-hydrogen) atoms. The van der Waals surface area contributed by atoms with Crippen LogP contribution in [0.2, 0.25) is 0 Å². The number of hydrogen-bond acceptors (Lipinski definition) is 2. The van der Waals surface area contributed by atoms with E-state index < -0.39 is 5.97 Å². The van der Waals surface area contributed by atoms with E-state index in [0.717, 1.165) is 19.4 Å². The fourth-order valence-electron chi connectivity index (χ4n) is 1.78. The van der Waals surface area contributed by atoms with E-state index in [1.807, 2.05) is 0 Å². The first-order valence-corrected chi connectivity index (χ1v) is 6.11. The smallest absolute Gasteiger partial charge is 0.303 e. The van der Waals surface area contributed by atoms with Gasteiger partial charge in [-0.05, 0) is 38.8 Å². The Morgan fingerprint density at radius 1 is 1.41 bits per heavy atom. The van der Waals surface area contributed by atoms with Crippen LogP contribution >= 0.6 is 0 Å². The Morgan fingerprint density at radius 2 is 2.18 bits per heavy atom. The van der Waals surface area contributed by atoms with Gasteiger partial charge in [-0.2, -0.15) is 0 Å². The van der Waals surface area contributed by atoms with Crippen molar-refractivity contribution in [3.05, 3.63) is 35.4 Å². The maximum absolute atomic E-state index is 10.3. The van der Waals surface area contributed by atoms with Crippen LogP contribution in [0.3, 0.4) is 0 Å². The average Bonchev–Trinajstić information content (AvgIpc) is 2.28. The zero-order chi connectivity index (χ0) is 12.7. The Balaban J connectivity index is 2.25. The highest BCUT2D eigenvalue weighted by Gasteiger charge is 2.04. The fraction of sp³-hybridized carbons (Fsp3) is 0.500. The number of unbranched alkanes of at least 4 members (excludes halogenated alkanes) is 1. The summed E-state index contributed by atoms with van der Waals surface area (Å²) in [5.74, 6) is -0.711. The molecule has 0 spiro atoms. The van der Waals surface area contributed by atoms with E-state index in [-0.39, 0.29) is 6.42 Å². The monoisotopic (exact) mass is 235 g/mol. The highest BCUT2D eigenvalue weighted by Crippen LogP contribution is 2.13. The van der Waals surface area contributed by atoms with Crippen LogP contribution in [0, 0.1) is 6.92 Å². The molecule has 3 heteroatoms. The molecule has 0 saturated heterocycles. The number of benzene rings is 1. The van der Waals surface area contributed by atoms with Gasteiger partial charge >= 0.3 is 5.97 Å². The highest BCUT2D eigenvalue weighted by atomic mass is 16.4. The summed E-state index contributed by atoms with van der Waals surface area (Å²) in [6.07, 6.45) is 1.91. The van der Waals surface area contributed by atoms with Crippen molar-refractivity contribution >= 4 is 5.97 Å². The molecule has 0 heterocycles. The predicted octanol–water partition coefficient (Wildman–Crippen LogP) is 2.90. The minimum atomic E-state index is -0.711. The number of aryl methyl sites for hydroxylation is 1. The fourth-order valence-corrected chi connectivity index (χ4v) is 1.78. The molecule has 2 N–H and O–H groups in total.